The van der Waals surface area contributed by atoms with Crippen LogP contribution < -0.4 is 10.2 Å². The molecule has 4 rings (SSSR count). The van der Waals surface area contributed by atoms with E-state index >= 15 is 0 Å². The Hall–Kier alpha value is -2.67. The van der Waals surface area contributed by atoms with Gasteiger partial charge in [-0.2, -0.15) is 4.98 Å². The fourth-order valence-corrected chi connectivity index (χ4v) is 2.50. The van der Waals surface area contributed by atoms with Crippen molar-refractivity contribution in [2.75, 3.05) is 36.5 Å². The minimum Gasteiger partial charge on any atom is -0.378 e. The zero-order valence-corrected chi connectivity index (χ0v) is 12.0. The van der Waals surface area contributed by atoms with Crippen molar-refractivity contribution < 1.29 is 4.74 Å². The van der Waals surface area contributed by atoms with Crippen LogP contribution in [0.1, 0.15) is 0 Å². The van der Waals surface area contributed by atoms with Crippen LogP contribution in [0.25, 0.3) is 5.65 Å². The Labute approximate surface area is 127 Å². The number of benzene rings is 1. The second-order valence-corrected chi connectivity index (χ2v) is 5.09. The van der Waals surface area contributed by atoms with E-state index in [-0.39, 0.29) is 0 Å². The maximum Gasteiger partial charge on any atom is 0.247 e. The summed E-state index contributed by atoms with van der Waals surface area (Å²) in [7, 11) is 0. The van der Waals surface area contributed by atoms with Crippen LogP contribution in [0, 0.1) is 0 Å². The lowest BCUT2D eigenvalue weighted by Crippen LogP contribution is -2.36. The molecular weight excluding hydrogens is 280 g/mol. The Morgan fingerprint density at radius 3 is 2.68 bits per heavy atom. The van der Waals surface area contributed by atoms with E-state index in [0.29, 0.717) is 5.95 Å². The van der Waals surface area contributed by atoms with Gasteiger partial charge in [0.25, 0.3) is 0 Å². The van der Waals surface area contributed by atoms with Gasteiger partial charge in [0, 0.05) is 36.9 Å². The Morgan fingerprint density at radius 1 is 1.09 bits per heavy atom. The average molecular weight is 296 g/mol. The third kappa shape index (κ3) is 2.58. The summed E-state index contributed by atoms with van der Waals surface area (Å²) >= 11 is 0. The second-order valence-electron chi connectivity index (χ2n) is 5.09. The molecule has 0 amide bonds. The number of hydrogen-bond acceptors (Lipinski definition) is 6. The van der Waals surface area contributed by atoms with Gasteiger partial charge in [-0.15, -0.1) is 5.10 Å². The number of morpholine rings is 1. The van der Waals surface area contributed by atoms with Crippen molar-refractivity contribution in [3.8, 4) is 0 Å². The molecule has 7 heteroatoms. The SMILES string of the molecule is c1cn2nc(Nc3ccc(N4CCOCC4)cc3)nc2cn1. The highest BCUT2D eigenvalue weighted by atomic mass is 16.5. The summed E-state index contributed by atoms with van der Waals surface area (Å²) < 4.78 is 7.07. The molecule has 0 bridgehead atoms. The zero-order chi connectivity index (χ0) is 14.8. The summed E-state index contributed by atoms with van der Waals surface area (Å²) in [5, 5.41) is 7.56. The predicted octanol–water partition coefficient (Wildman–Crippen LogP) is 1.70. The molecule has 2 aromatic heterocycles. The van der Waals surface area contributed by atoms with Gasteiger partial charge in [-0.25, -0.2) is 4.52 Å². The van der Waals surface area contributed by atoms with E-state index in [0.717, 1.165) is 37.6 Å². The number of nitrogens with one attached hydrogen (secondary N) is 1. The van der Waals surface area contributed by atoms with E-state index in [1.54, 1.807) is 23.1 Å². The van der Waals surface area contributed by atoms with Gasteiger partial charge in [-0.3, -0.25) is 4.98 Å². The molecule has 1 saturated heterocycles. The molecule has 0 aliphatic carbocycles. The first-order valence-electron chi connectivity index (χ1n) is 7.25. The fourth-order valence-electron chi connectivity index (χ4n) is 2.50. The van der Waals surface area contributed by atoms with Crippen molar-refractivity contribution in [3.63, 3.8) is 0 Å². The predicted molar refractivity (Wildman–Crippen MR) is 83.5 cm³/mol. The molecule has 1 fully saturated rings. The van der Waals surface area contributed by atoms with Gasteiger partial charge in [-0.1, -0.05) is 0 Å². The first-order valence-corrected chi connectivity index (χ1v) is 7.25. The summed E-state index contributed by atoms with van der Waals surface area (Å²) in [6.45, 7) is 3.46. The van der Waals surface area contributed by atoms with Crippen LogP contribution in [-0.2, 0) is 4.74 Å². The lowest BCUT2D eigenvalue weighted by atomic mass is 10.2. The first-order chi connectivity index (χ1) is 10.9. The van der Waals surface area contributed by atoms with Crippen molar-refractivity contribution in [2.24, 2.45) is 0 Å². The van der Waals surface area contributed by atoms with E-state index in [9.17, 15) is 0 Å². The van der Waals surface area contributed by atoms with Crippen LogP contribution >= 0.6 is 0 Å². The molecule has 0 spiro atoms. The molecular formula is C15H16N6O. The fraction of sp³-hybridized carbons (Fsp3) is 0.267. The van der Waals surface area contributed by atoms with Crippen LogP contribution in [0.2, 0.25) is 0 Å². The molecule has 3 aromatic rings. The Kier molecular flexibility index (Phi) is 3.32. The minimum atomic E-state index is 0.562. The standard InChI is InChI=1S/C15H16N6O/c1-3-13(20-7-9-22-10-8-20)4-2-12(1)17-15-18-14-11-16-5-6-21(14)19-15/h1-6,11H,7-10H2,(H,17,19). The van der Waals surface area contributed by atoms with Crippen molar-refractivity contribution in [1.29, 1.82) is 0 Å². The minimum absolute atomic E-state index is 0.562. The van der Waals surface area contributed by atoms with E-state index in [1.807, 2.05) is 12.1 Å². The van der Waals surface area contributed by atoms with Crippen molar-refractivity contribution in [3.05, 3.63) is 42.9 Å². The van der Waals surface area contributed by atoms with Crippen molar-refractivity contribution in [1.82, 2.24) is 19.6 Å². The molecule has 1 N–H and O–H groups in total. The number of rotatable bonds is 3. The number of fused-ring (bicyclic) bond motifs is 1. The van der Waals surface area contributed by atoms with Crippen molar-refractivity contribution >= 4 is 23.0 Å². The van der Waals surface area contributed by atoms with Crippen LogP contribution in [0.15, 0.2) is 42.9 Å². The highest BCUT2D eigenvalue weighted by Gasteiger charge is 2.11. The zero-order valence-electron chi connectivity index (χ0n) is 12.0. The molecule has 1 aromatic carbocycles. The summed E-state index contributed by atoms with van der Waals surface area (Å²) in [6.07, 6.45) is 5.14. The number of aromatic nitrogens is 4. The third-order valence-corrected chi connectivity index (χ3v) is 3.64. The molecule has 0 radical (unpaired) electrons. The Morgan fingerprint density at radius 2 is 1.91 bits per heavy atom. The van der Waals surface area contributed by atoms with Gasteiger partial charge in [0.1, 0.15) is 0 Å². The highest BCUT2D eigenvalue weighted by Crippen LogP contribution is 2.20. The van der Waals surface area contributed by atoms with Crippen molar-refractivity contribution in [2.45, 2.75) is 0 Å². The van der Waals surface area contributed by atoms with Gasteiger partial charge in [-0.05, 0) is 24.3 Å². The molecule has 22 heavy (non-hydrogen) atoms. The van der Waals surface area contributed by atoms with Gasteiger partial charge in [0.15, 0.2) is 5.65 Å². The lowest BCUT2D eigenvalue weighted by molar-refractivity contribution is 0.122. The quantitative estimate of drug-likeness (QED) is 0.793. The lowest BCUT2D eigenvalue weighted by Gasteiger charge is -2.28. The van der Waals surface area contributed by atoms with Crippen LogP contribution in [0.3, 0.4) is 0 Å². The molecule has 3 heterocycles. The third-order valence-electron chi connectivity index (χ3n) is 3.64. The molecule has 112 valence electrons. The number of anilines is 3. The van der Waals surface area contributed by atoms with Crippen LogP contribution in [0.4, 0.5) is 17.3 Å². The Balaban J connectivity index is 1.50. The summed E-state index contributed by atoms with van der Waals surface area (Å²) in [6, 6.07) is 8.28. The second kappa shape index (κ2) is 5.61. The normalized spacial score (nSPS) is 15.2. The first kappa shape index (κ1) is 13.0. The van der Waals surface area contributed by atoms with E-state index in [1.165, 1.54) is 5.69 Å². The van der Waals surface area contributed by atoms with Crippen LogP contribution in [0.5, 0.6) is 0 Å². The molecule has 7 nitrogen and oxygen atoms in total. The smallest absolute Gasteiger partial charge is 0.247 e. The van der Waals surface area contributed by atoms with Crippen LogP contribution in [-0.4, -0.2) is 45.9 Å². The number of nitrogens with zero attached hydrogens (tertiary/aromatic N) is 5. The average Bonchev–Trinajstić information content (AvgIpc) is 2.98. The van der Waals surface area contributed by atoms with Gasteiger partial charge in [0.05, 0.1) is 19.4 Å². The monoisotopic (exact) mass is 296 g/mol. The molecule has 0 unspecified atom stereocenters. The summed E-state index contributed by atoms with van der Waals surface area (Å²) in [5.41, 5.74) is 2.89. The molecule has 0 atom stereocenters. The van der Waals surface area contributed by atoms with Gasteiger partial charge in [0.2, 0.25) is 5.95 Å². The maximum atomic E-state index is 5.37. The maximum absolute atomic E-state index is 5.37. The molecule has 1 aliphatic rings. The van der Waals surface area contributed by atoms with E-state index < -0.39 is 0 Å². The molecule has 1 aliphatic heterocycles. The molecule has 0 saturated carbocycles. The number of hydrogen-bond donors (Lipinski definition) is 1. The summed E-state index contributed by atoms with van der Waals surface area (Å²) in [5.74, 6) is 0.562. The van der Waals surface area contributed by atoms with Gasteiger partial charge >= 0.3 is 0 Å². The topological polar surface area (TPSA) is 67.6 Å². The summed E-state index contributed by atoms with van der Waals surface area (Å²) in [4.78, 5) is 10.7. The van der Waals surface area contributed by atoms with E-state index in [4.69, 9.17) is 4.74 Å². The largest absolute Gasteiger partial charge is 0.378 e. The number of ether oxygens (including phenoxy) is 1. The highest BCUT2D eigenvalue weighted by molar-refractivity contribution is 5.60. The Bertz CT molecular complexity index is 730. The van der Waals surface area contributed by atoms with Gasteiger partial charge < -0.3 is 15.0 Å². The van der Waals surface area contributed by atoms with E-state index in [2.05, 4.69) is 37.4 Å².